The van der Waals surface area contributed by atoms with Crippen LogP contribution < -0.4 is 10.2 Å². The summed E-state index contributed by atoms with van der Waals surface area (Å²) in [5, 5.41) is 3.08. The molecule has 1 N–H and O–H groups in total. The SMILES string of the molecule is COC(=O)[C@@H]1CN(c2cccc(S(C)(=O)=O)c2)CCN1. The molecule has 110 valence electrons. The van der Waals surface area contributed by atoms with Gasteiger partial charge in [-0.15, -0.1) is 0 Å². The second kappa shape index (κ2) is 5.80. The highest BCUT2D eigenvalue weighted by Gasteiger charge is 2.26. The maximum Gasteiger partial charge on any atom is 0.324 e. The Labute approximate surface area is 118 Å². The van der Waals surface area contributed by atoms with Gasteiger partial charge in [-0.25, -0.2) is 8.42 Å². The molecular formula is C13H18N2O4S. The number of hydrogen-bond donors (Lipinski definition) is 1. The van der Waals surface area contributed by atoms with Crippen molar-refractivity contribution in [2.45, 2.75) is 10.9 Å². The van der Waals surface area contributed by atoms with Gasteiger partial charge in [0.2, 0.25) is 0 Å². The Morgan fingerprint density at radius 3 is 2.85 bits per heavy atom. The first kappa shape index (κ1) is 14.8. The summed E-state index contributed by atoms with van der Waals surface area (Å²) < 4.78 is 27.9. The molecule has 1 aromatic carbocycles. The number of nitrogens with one attached hydrogen (secondary N) is 1. The molecule has 7 heteroatoms. The third-order valence-electron chi connectivity index (χ3n) is 3.27. The summed E-state index contributed by atoms with van der Waals surface area (Å²) in [6.07, 6.45) is 1.18. The smallest absolute Gasteiger partial charge is 0.324 e. The number of hydrogen-bond acceptors (Lipinski definition) is 6. The molecule has 0 amide bonds. The average Bonchev–Trinajstić information content (AvgIpc) is 2.46. The lowest BCUT2D eigenvalue weighted by Gasteiger charge is -2.34. The van der Waals surface area contributed by atoms with E-state index in [1.54, 1.807) is 18.2 Å². The molecule has 1 aromatic rings. The number of carbonyl (C=O) groups excluding carboxylic acids is 1. The van der Waals surface area contributed by atoms with Gasteiger partial charge in [-0.05, 0) is 18.2 Å². The lowest BCUT2D eigenvalue weighted by molar-refractivity contribution is -0.143. The summed E-state index contributed by atoms with van der Waals surface area (Å²) in [6, 6.07) is 6.36. The molecule has 0 bridgehead atoms. The minimum absolute atomic E-state index is 0.281. The standard InChI is InChI=1S/C13H18N2O4S/c1-19-13(16)12-9-15(7-6-14-12)10-4-3-5-11(8-10)20(2,17)18/h3-5,8,12,14H,6-7,9H2,1-2H3/t12-/m0/s1. The van der Waals surface area contributed by atoms with Crippen molar-refractivity contribution >= 4 is 21.5 Å². The molecule has 2 rings (SSSR count). The number of piperazine rings is 1. The number of carbonyl (C=O) groups is 1. The second-order valence-corrected chi connectivity index (χ2v) is 6.76. The molecule has 1 saturated heterocycles. The van der Waals surface area contributed by atoms with Crippen molar-refractivity contribution in [1.29, 1.82) is 0 Å². The van der Waals surface area contributed by atoms with Gasteiger partial charge >= 0.3 is 5.97 Å². The van der Waals surface area contributed by atoms with Crippen LogP contribution in [0.3, 0.4) is 0 Å². The minimum Gasteiger partial charge on any atom is -0.468 e. The van der Waals surface area contributed by atoms with Crippen LogP contribution in [0.1, 0.15) is 0 Å². The van der Waals surface area contributed by atoms with Gasteiger partial charge in [0.05, 0.1) is 12.0 Å². The summed E-state index contributed by atoms with van der Waals surface area (Å²) in [5.41, 5.74) is 0.795. The van der Waals surface area contributed by atoms with E-state index < -0.39 is 15.9 Å². The minimum atomic E-state index is -3.23. The molecule has 1 aliphatic heterocycles. The summed E-state index contributed by atoms with van der Waals surface area (Å²) >= 11 is 0. The zero-order valence-electron chi connectivity index (χ0n) is 11.5. The van der Waals surface area contributed by atoms with Gasteiger partial charge in [-0.3, -0.25) is 4.79 Å². The van der Waals surface area contributed by atoms with Gasteiger partial charge in [0, 0.05) is 31.6 Å². The van der Waals surface area contributed by atoms with Gasteiger partial charge in [-0.1, -0.05) is 6.07 Å². The lowest BCUT2D eigenvalue weighted by Crippen LogP contribution is -2.54. The van der Waals surface area contributed by atoms with Crippen molar-refractivity contribution in [3.8, 4) is 0 Å². The molecule has 1 heterocycles. The topological polar surface area (TPSA) is 75.7 Å². The normalized spacial score (nSPS) is 19.7. The van der Waals surface area contributed by atoms with E-state index in [9.17, 15) is 13.2 Å². The number of anilines is 1. The second-order valence-electron chi connectivity index (χ2n) is 4.75. The van der Waals surface area contributed by atoms with Gasteiger partial charge in [0.25, 0.3) is 0 Å². The van der Waals surface area contributed by atoms with Crippen LogP contribution in [0.4, 0.5) is 5.69 Å². The van der Waals surface area contributed by atoms with Crippen molar-refractivity contribution in [2.75, 3.05) is 37.9 Å². The van der Waals surface area contributed by atoms with Gasteiger partial charge in [-0.2, -0.15) is 0 Å². The van der Waals surface area contributed by atoms with Crippen LogP contribution in [0.15, 0.2) is 29.2 Å². The number of nitrogens with zero attached hydrogens (tertiary/aromatic N) is 1. The Morgan fingerprint density at radius 2 is 2.20 bits per heavy atom. The van der Waals surface area contributed by atoms with E-state index >= 15 is 0 Å². The van der Waals surface area contributed by atoms with Gasteiger partial charge < -0.3 is 15.0 Å². The summed E-state index contributed by atoms with van der Waals surface area (Å²) in [6.45, 7) is 1.81. The van der Waals surface area contributed by atoms with Gasteiger partial charge in [0.1, 0.15) is 6.04 Å². The van der Waals surface area contributed by atoms with Crippen LogP contribution in [-0.4, -0.2) is 53.4 Å². The molecule has 20 heavy (non-hydrogen) atoms. The van der Waals surface area contributed by atoms with Gasteiger partial charge in [0.15, 0.2) is 9.84 Å². The van der Waals surface area contributed by atoms with E-state index in [0.29, 0.717) is 19.6 Å². The molecule has 1 atom stereocenters. The Balaban J connectivity index is 2.21. The predicted octanol–water partition coefficient (Wildman–Crippen LogP) is 0.0413. The summed E-state index contributed by atoms with van der Waals surface area (Å²) in [7, 11) is -1.88. The van der Waals surface area contributed by atoms with Crippen molar-refractivity contribution in [1.82, 2.24) is 5.32 Å². The number of esters is 1. The van der Waals surface area contributed by atoms with E-state index in [4.69, 9.17) is 4.74 Å². The number of ether oxygens (including phenoxy) is 1. The molecule has 0 unspecified atom stereocenters. The Hall–Kier alpha value is -1.60. The van der Waals surface area contributed by atoms with Crippen LogP contribution in [0, 0.1) is 0 Å². The first-order valence-corrected chi connectivity index (χ1v) is 8.17. The summed E-state index contributed by atoms with van der Waals surface area (Å²) in [4.78, 5) is 13.8. The maximum atomic E-state index is 11.6. The molecule has 0 aromatic heterocycles. The zero-order chi connectivity index (χ0) is 14.8. The zero-order valence-corrected chi connectivity index (χ0v) is 12.3. The Morgan fingerprint density at radius 1 is 1.45 bits per heavy atom. The highest BCUT2D eigenvalue weighted by atomic mass is 32.2. The van der Waals surface area contributed by atoms with Crippen molar-refractivity contribution in [3.05, 3.63) is 24.3 Å². The van der Waals surface area contributed by atoms with E-state index in [0.717, 1.165) is 5.69 Å². The van der Waals surface area contributed by atoms with E-state index in [2.05, 4.69) is 5.32 Å². The van der Waals surface area contributed by atoms with Crippen LogP contribution in [-0.2, 0) is 19.4 Å². The highest BCUT2D eigenvalue weighted by molar-refractivity contribution is 7.90. The molecule has 0 radical (unpaired) electrons. The molecule has 0 aliphatic carbocycles. The molecule has 1 fully saturated rings. The molecular weight excluding hydrogens is 280 g/mol. The first-order chi connectivity index (χ1) is 9.41. The molecule has 1 aliphatic rings. The lowest BCUT2D eigenvalue weighted by atomic mass is 10.2. The fourth-order valence-electron chi connectivity index (χ4n) is 2.20. The molecule has 0 saturated carbocycles. The Kier molecular flexibility index (Phi) is 4.29. The van der Waals surface area contributed by atoms with E-state index in [1.165, 1.54) is 13.4 Å². The monoisotopic (exact) mass is 298 g/mol. The summed E-state index contributed by atoms with van der Waals surface area (Å²) in [5.74, 6) is -0.311. The van der Waals surface area contributed by atoms with Crippen molar-refractivity contribution in [3.63, 3.8) is 0 Å². The fourth-order valence-corrected chi connectivity index (χ4v) is 2.86. The first-order valence-electron chi connectivity index (χ1n) is 6.28. The molecule has 0 spiro atoms. The van der Waals surface area contributed by atoms with Crippen LogP contribution in [0.25, 0.3) is 0 Å². The quantitative estimate of drug-likeness (QED) is 0.794. The number of sulfone groups is 1. The highest BCUT2D eigenvalue weighted by Crippen LogP contribution is 2.20. The van der Waals surface area contributed by atoms with Crippen LogP contribution in [0.2, 0.25) is 0 Å². The maximum absolute atomic E-state index is 11.6. The largest absolute Gasteiger partial charge is 0.468 e. The number of rotatable bonds is 3. The Bertz CT molecular complexity index is 600. The number of benzene rings is 1. The fraction of sp³-hybridized carbons (Fsp3) is 0.462. The van der Waals surface area contributed by atoms with Crippen molar-refractivity contribution < 1.29 is 17.9 Å². The van der Waals surface area contributed by atoms with Crippen molar-refractivity contribution in [2.24, 2.45) is 0 Å². The van der Waals surface area contributed by atoms with Crippen LogP contribution in [0.5, 0.6) is 0 Å². The third kappa shape index (κ3) is 3.29. The van der Waals surface area contributed by atoms with Crippen LogP contribution >= 0.6 is 0 Å². The third-order valence-corrected chi connectivity index (χ3v) is 4.38. The number of methoxy groups -OCH3 is 1. The van der Waals surface area contributed by atoms with E-state index in [-0.39, 0.29) is 10.9 Å². The van der Waals surface area contributed by atoms with E-state index in [1.807, 2.05) is 11.0 Å². The molecule has 6 nitrogen and oxygen atoms in total. The predicted molar refractivity (Wildman–Crippen MR) is 75.6 cm³/mol. The average molecular weight is 298 g/mol.